The van der Waals surface area contributed by atoms with Crippen LogP contribution in [0.4, 0.5) is 0 Å². The molecule has 0 saturated heterocycles. The van der Waals surface area contributed by atoms with Gasteiger partial charge in [-0.15, -0.1) is 24.2 Å². The number of halogens is 1. The first-order valence-corrected chi connectivity index (χ1v) is 7.48. The van der Waals surface area contributed by atoms with Gasteiger partial charge in [-0.1, -0.05) is 0 Å². The molecular formula is C14H21ClN2OS. The summed E-state index contributed by atoms with van der Waals surface area (Å²) in [4.78, 5) is 13.3. The minimum absolute atomic E-state index is 0. The lowest BCUT2D eigenvalue weighted by molar-refractivity contribution is 0.0898. The number of benzene rings is 1. The smallest absolute Gasteiger partial charge is 0.251 e. The molecule has 0 aromatic heterocycles. The zero-order valence-corrected chi connectivity index (χ0v) is 12.9. The average molecular weight is 301 g/mol. The first-order chi connectivity index (χ1) is 8.59. The maximum atomic E-state index is 12.2. The Morgan fingerprint density at radius 1 is 1.42 bits per heavy atom. The van der Waals surface area contributed by atoms with E-state index in [1.165, 1.54) is 12.8 Å². The van der Waals surface area contributed by atoms with Crippen molar-refractivity contribution < 1.29 is 4.79 Å². The number of carbonyl (C=O) groups excluding carboxylic acids is 1. The molecule has 1 aromatic carbocycles. The van der Waals surface area contributed by atoms with E-state index in [1.807, 2.05) is 37.4 Å². The Kier molecular flexibility index (Phi) is 5.71. The van der Waals surface area contributed by atoms with Crippen LogP contribution in [0.1, 0.15) is 30.1 Å². The van der Waals surface area contributed by atoms with Gasteiger partial charge in [0.2, 0.25) is 0 Å². The fourth-order valence-corrected chi connectivity index (χ4v) is 2.52. The number of hydrogen-bond donors (Lipinski definition) is 2. The normalized spacial score (nSPS) is 17.2. The van der Waals surface area contributed by atoms with E-state index in [0.717, 1.165) is 4.90 Å². The molecular weight excluding hydrogens is 280 g/mol. The Bertz CT molecular complexity index is 434. The van der Waals surface area contributed by atoms with Gasteiger partial charge in [-0.05, 0) is 56.2 Å². The van der Waals surface area contributed by atoms with Crippen molar-refractivity contribution in [3.05, 3.63) is 29.8 Å². The summed E-state index contributed by atoms with van der Waals surface area (Å²) in [5.74, 6) is 0.513. The third-order valence-corrected chi connectivity index (χ3v) is 4.40. The Morgan fingerprint density at radius 2 is 2.00 bits per heavy atom. The standard InChI is InChI=1S/C14H20N2OS.ClH/c1-14(9-15,11-5-6-11)16-13(17)10-3-7-12(18-2)8-4-10;/h3-4,7-8,11H,5-6,9,15H2,1-2H3,(H,16,17);1H. The molecule has 0 aliphatic heterocycles. The lowest BCUT2D eigenvalue weighted by Crippen LogP contribution is -2.53. The summed E-state index contributed by atoms with van der Waals surface area (Å²) in [6, 6.07) is 7.67. The number of rotatable bonds is 5. The first-order valence-electron chi connectivity index (χ1n) is 6.25. The molecule has 3 nitrogen and oxygen atoms in total. The van der Waals surface area contributed by atoms with Crippen molar-refractivity contribution in [2.75, 3.05) is 12.8 Å². The number of thioether (sulfide) groups is 1. The monoisotopic (exact) mass is 300 g/mol. The van der Waals surface area contributed by atoms with Gasteiger partial charge in [-0.3, -0.25) is 4.79 Å². The highest BCUT2D eigenvalue weighted by atomic mass is 35.5. The molecule has 0 spiro atoms. The van der Waals surface area contributed by atoms with Crippen LogP contribution in [0.3, 0.4) is 0 Å². The van der Waals surface area contributed by atoms with Crippen molar-refractivity contribution in [3.8, 4) is 0 Å². The second kappa shape index (κ2) is 6.64. The van der Waals surface area contributed by atoms with Crippen LogP contribution in [-0.2, 0) is 0 Å². The van der Waals surface area contributed by atoms with Crippen molar-refractivity contribution >= 4 is 30.1 Å². The van der Waals surface area contributed by atoms with Crippen LogP contribution in [0.15, 0.2) is 29.2 Å². The second-order valence-electron chi connectivity index (χ2n) is 5.08. The topological polar surface area (TPSA) is 55.1 Å². The molecule has 1 unspecified atom stereocenters. The highest BCUT2D eigenvalue weighted by Gasteiger charge is 2.41. The molecule has 3 N–H and O–H groups in total. The van der Waals surface area contributed by atoms with Gasteiger partial charge in [0, 0.05) is 17.0 Å². The number of nitrogens with two attached hydrogens (primary N) is 1. The Hall–Kier alpha value is -0.710. The minimum Gasteiger partial charge on any atom is -0.345 e. The van der Waals surface area contributed by atoms with Crippen molar-refractivity contribution in [1.82, 2.24) is 5.32 Å². The maximum absolute atomic E-state index is 12.2. The molecule has 2 rings (SSSR count). The van der Waals surface area contributed by atoms with Crippen LogP contribution in [0.25, 0.3) is 0 Å². The molecule has 0 heterocycles. The van der Waals surface area contributed by atoms with E-state index in [4.69, 9.17) is 5.73 Å². The van der Waals surface area contributed by atoms with Crippen molar-refractivity contribution in [3.63, 3.8) is 0 Å². The zero-order chi connectivity index (χ0) is 13.2. The van der Waals surface area contributed by atoms with Gasteiger partial charge < -0.3 is 11.1 Å². The summed E-state index contributed by atoms with van der Waals surface area (Å²) < 4.78 is 0. The van der Waals surface area contributed by atoms with E-state index < -0.39 is 0 Å². The molecule has 1 aliphatic carbocycles. The molecule has 1 aliphatic rings. The van der Waals surface area contributed by atoms with E-state index in [0.29, 0.717) is 18.0 Å². The first kappa shape index (κ1) is 16.3. The van der Waals surface area contributed by atoms with Crippen LogP contribution >= 0.6 is 24.2 Å². The molecule has 106 valence electrons. The van der Waals surface area contributed by atoms with Crippen molar-refractivity contribution in [2.45, 2.75) is 30.2 Å². The quantitative estimate of drug-likeness (QED) is 0.822. The number of carbonyl (C=O) groups is 1. The molecule has 1 fully saturated rings. The third-order valence-electron chi connectivity index (χ3n) is 3.65. The lowest BCUT2D eigenvalue weighted by Gasteiger charge is -2.29. The Morgan fingerprint density at radius 3 is 2.42 bits per heavy atom. The summed E-state index contributed by atoms with van der Waals surface area (Å²) in [6.45, 7) is 2.53. The lowest BCUT2D eigenvalue weighted by atomic mass is 9.95. The number of nitrogens with one attached hydrogen (secondary N) is 1. The van der Waals surface area contributed by atoms with E-state index in [2.05, 4.69) is 5.32 Å². The summed E-state index contributed by atoms with van der Waals surface area (Å²) in [7, 11) is 0. The largest absolute Gasteiger partial charge is 0.345 e. The predicted octanol–water partition coefficient (Wildman–Crippen LogP) is 2.69. The summed E-state index contributed by atoms with van der Waals surface area (Å²) in [5.41, 5.74) is 6.25. The fraction of sp³-hybridized carbons (Fsp3) is 0.500. The molecule has 1 aromatic rings. The minimum atomic E-state index is -0.255. The molecule has 5 heteroatoms. The van der Waals surface area contributed by atoms with E-state index >= 15 is 0 Å². The fourth-order valence-electron chi connectivity index (χ4n) is 2.11. The van der Waals surface area contributed by atoms with E-state index in [9.17, 15) is 4.79 Å². The van der Waals surface area contributed by atoms with E-state index in [-0.39, 0.29) is 23.9 Å². The molecule has 1 saturated carbocycles. The summed E-state index contributed by atoms with van der Waals surface area (Å²) in [6.07, 6.45) is 4.35. The molecule has 0 bridgehead atoms. The van der Waals surface area contributed by atoms with Gasteiger partial charge >= 0.3 is 0 Å². The summed E-state index contributed by atoms with van der Waals surface area (Å²) in [5, 5.41) is 3.09. The highest BCUT2D eigenvalue weighted by molar-refractivity contribution is 7.98. The number of hydrogen-bond acceptors (Lipinski definition) is 3. The SMILES string of the molecule is CSc1ccc(C(=O)NC(C)(CN)C2CC2)cc1.Cl. The molecule has 19 heavy (non-hydrogen) atoms. The molecule has 1 amide bonds. The van der Waals surface area contributed by atoms with Crippen LogP contribution in [0.2, 0.25) is 0 Å². The predicted molar refractivity (Wildman–Crippen MR) is 83.1 cm³/mol. The highest BCUT2D eigenvalue weighted by Crippen LogP contribution is 2.39. The number of amides is 1. The van der Waals surface area contributed by atoms with Gasteiger partial charge in [0.25, 0.3) is 5.91 Å². The van der Waals surface area contributed by atoms with Crippen LogP contribution in [-0.4, -0.2) is 24.2 Å². The zero-order valence-electron chi connectivity index (χ0n) is 11.3. The molecule has 1 atom stereocenters. The van der Waals surface area contributed by atoms with Gasteiger partial charge in [-0.25, -0.2) is 0 Å². The van der Waals surface area contributed by atoms with Crippen molar-refractivity contribution in [1.29, 1.82) is 0 Å². The Labute approximate surface area is 125 Å². The van der Waals surface area contributed by atoms with Gasteiger partial charge in [0.05, 0.1) is 5.54 Å². The average Bonchev–Trinajstić information content (AvgIpc) is 3.23. The van der Waals surface area contributed by atoms with E-state index in [1.54, 1.807) is 11.8 Å². The van der Waals surface area contributed by atoms with Gasteiger partial charge in [0.1, 0.15) is 0 Å². The van der Waals surface area contributed by atoms with Crippen LogP contribution in [0.5, 0.6) is 0 Å². The second-order valence-corrected chi connectivity index (χ2v) is 5.96. The maximum Gasteiger partial charge on any atom is 0.251 e. The molecule has 0 radical (unpaired) electrons. The third kappa shape index (κ3) is 3.88. The van der Waals surface area contributed by atoms with Gasteiger partial charge in [0.15, 0.2) is 0 Å². The Balaban J connectivity index is 0.00000180. The van der Waals surface area contributed by atoms with Gasteiger partial charge in [-0.2, -0.15) is 0 Å². The van der Waals surface area contributed by atoms with Crippen molar-refractivity contribution in [2.24, 2.45) is 11.7 Å². The van der Waals surface area contributed by atoms with Crippen LogP contribution in [0, 0.1) is 5.92 Å². The summed E-state index contributed by atoms with van der Waals surface area (Å²) >= 11 is 1.67. The van der Waals surface area contributed by atoms with Crippen LogP contribution < -0.4 is 11.1 Å².